The van der Waals surface area contributed by atoms with Gasteiger partial charge in [0, 0.05) is 0 Å². The lowest BCUT2D eigenvalue weighted by Crippen LogP contribution is -2.22. The van der Waals surface area contributed by atoms with Gasteiger partial charge in [-0.1, -0.05) is 6.07 Å². The second kappa shape index (κ2) is 4.50. The molecule has 88 valence electrons. The molecular formula is C13H17F2N. The zero-order valence-electron chi connectivity index (χ0n) is 9.52. The molecule has 0 radical (unpaired) electrons. The predicted molar refractivity (Wildman–Crippen MR) is 60.6 cm³/mol. The Morgan fingerprint density at radius 2 is 2.00 bits per heavy atom. The van der Waals surface area contributed by atoms with Crippen molar-refractivity contribution < 1.29 is 8.78 Å². The molecule has 1 saturated heterocycles. The van der Waals surface area contributed by atoms with E-state index in [1.807, 2.05) is 0 Å². The topological polar surface area (TPSA) is 12.0 Å². The minimum atomic E-state index is -1.36. The van der Waals surface area contributed by atoms with E-state index >= 15 is 0 Å². The molecule has 1 unspecified atom stereocenters. The van der Waals surface area contributed by atoms with Crippen LogP contribution in [0.15, 0.2) is 18.2 Å². The molecule has 1 fully saturated rings. The molecule has 0 spiro atoms. The van der Waals surface area contributed by atoms with Crippen LogP contribution in [-0.4, -0.2) is 13.1 Å². The van der Waals surface area contributed by atoms with Crippen molar-refractivity contribution in [1.29, 1.82) is 0 Å². The highest BCUT2D eigenvalue weighted by atomic mass is 19.1. The summed E-state index contributed by atoms with van der Waals surface area (Å²) < 4.78 is 28.0. The zero-order chi connectivity index (χ0) is 11.6. The highest BCUT2D eigenvalue weighted by Crippen LogP contribution is 2.36. The number of rotatable bonds is 1. The van der Waals surface area contributed by atoms with E-state index in [9.17, 15) is 8.78 Å². The van der Waals surface area contributed by atoms with Crippen LogP contribution in [0.3, 0.4) is 0 Å². The van der Waals surface area contributed by atoms with E-state index in [0.717, 1.165) is 18.5 Å². The van der Waals surface area contributed by atoms with Crippen molar-refractivity contribution in [2.45, 2.75) is 31.9 Å². The summed E-state index contributed by atoms with van der Waals surface area (Å²) in [5.74, 6) is -0.343. The second-order valence-corrected chi connectivity index (χ2v) is 4.59. The summed E-state index contributed by atoms with van der Waals surface area (Å²) in [6.45, 7) is 3.30. The Balaban J connectivity index is 2.32. The number of nitrogens with one attached hydrogen (secondary N) is 1. The average molecular weight is 225 g/mol. The highest BCUT2D eigenvalue weighted by Gasteiger charge is 2.32. The van der Waals surface area contributed by atoms with Crippen molar-refractivity contribution in [3.63, 3.8) is 0 Å². The molecule has 1 heterocycles. The van der Waals surface area contributed by atoms with Crippen LogP contribution in [0.4, 0.5) is 8.78 Å². The van der Waals surface area contributed by atoms with Crippen molar-refractivity contribution in [3.05, 3.63) is 35.1 Å². The van der Waals surface area contributed by atoms with Gasteiger partial charge in [-0.3, -0.25) is 0 Å². The fourth-order valence-corrected chi connectivity index (χ4v) is 2.31. The second-order valence-electron chi connectivity index (χ2n) is 4.59. The van der Waals surface area contributed by atoms with Gasteiger partial charge in [0.05, 0.1) is 0 Å². The Morgan fingerprint density at radius 3 is 2.75 bits per heavy atom. The first kappa shape index (κ1) is 11.5. The third-order valence-electron chi connectivity index (χ3n) is 3.18. The lowest BCUT2D eigenvalue weighted by atomic mass is 9.88. The summed E-state index contributed by atoms with van der Waals surface area (Å²) in [5.41, 5.74) is -0.0889. The minimum absolute atomic E-state index is 0.343. The molecule has 1 nitrogen and oxygen atoms in total. The molecule has 1 N–H and O–H groups in total. The van der Waals surface area contributed by atoms with Gasteiger partial charge in [-0.15, -0.1) is 0 Å². The SMILES string of the molecule is Cc1cc(F)cc(C2(F)CCCNCC2)c1. The molecule has 3 heteroatoms. The number of benzene rings is 1. The Kier molecular flexibility index (Phi) is 3.24. The maximum absolute atomic E-state index is 14.7. The molecule has 0 amide bonds. The van der Waals surface area contributed by atoms with Gasteiger partial charge in [-0.2, -0.15) is 0 Å². The third kappa shape index (κ3) is 2.40. The van der Waals surface area contributed by atoms with Gasteiger partial charge < -0.3 is 5.32 Å². The highest BCUT2D eigenvalue weighted by molar-refractivity contribution is 5.29. The molecule has 1 aromatic carbocycles. The van der Waals surface area contributed by atoms with Gasteiger partial charge in [-0.05, 0) is 62.5 Å². The van der Waals surface area contributed by atoms with E-state index in [1.165, 1.54) is 12.1 Å². The molecule has 16 heavy (non-hydrogen) atoms. The van der Waals surface area contributed by atoms with Gasteiger partial charge in [0.1, 0.15) is 11.5 Å². The van der Waals surface area contributed by atoms with Crippen molar-refractivity contribution in [2.24, 2.45) is 0 Å². The lowest BCUT2D eigenvalue weighted by molar-refractivity contribution is 0.144. The van der Waals surface area contributed by atoms with Crippen LogP contribution in [0.1, 0.15) is 30.4 Å². The van der Waals surface area contributed by atoms with E-state index in [-0.39, 0.29) is 5.82 Å². The summed E-state index contributed by atoms with van der Waals surface area (Å²) in [5, 5.41) is 3.17. The monoisotopic (exact) mass is 225 g/mol. The van der Waals surface area contributed by atoms with Gasteiger partial charge in [0.25, 0.3) is 0 Å². The Morgan fingerprint density at radius 1 is 1.19 bits per heavy atom. The van der Waals surface area contributed by atoms with E-state index in [1.54, 1.807) is 13.0 Å². The van der Waals surface area contributed by atoms with Crippen LogP contribution >= 0.6 is 0 Å². The maximum Gasteiger partial charge on any atom is 0.137 e. The molecule has 0 aromatic heterocycles. The molecule has 1 atom stereocenters. The van der Waals surface area contributed by atoms with Crippen LogP contribution < -0.4 is 5.32 Å². The number of halogens is 2. The maximum atomic E-state index is 14.7. The summed E-state index contributed by atoms with van der Waals surface area (Å²) in [6.07, 6.45) is 1.70. The van der Waals surface area contributed by atoms with Gasteiger partial charge in [-0.25, -0.2) is 8.78 Å². The largest absolute Gasteiger partial charge is 0.317 e. The number of hydrogen-bond donors (Lipinski definition) is 1. The van der Waals surface area contributed by atoms with Crippen LogP contribution in [-0.2, 0) is 5.67 Å². The first-order valence-electron chi connectivity index (χ1n) is 5.77. The molecule has 1 aliphatic rings. The average Bonchev–Trinajstić information content (AvgIpc) is 2.43. The summed E-state index contributed by atoms with van der Waals surface area (Å²) >= 11 is 0. The van der Waals surface area contributed by atoms with Crippen LogP contribution in [0.5, 0.6) is 0 Å². The first-order chi connectivity index (χ1) is 7.60. The van der Waals surface area contributed by atoms with Crippen molar-refractivity contribution >= 4 is 0 Å². The van der Waals surface area contributed by atoms with Gasteiger partial charge in [0.2, 0.25) is 0 Å². The number of aryl methyl sites for hydroxylation is 1. The van der Waals surface area contributed by atoms with Crippen molar-refractivity contribution in [3.8, 4) is 0 Å². The normalized spacial score (nSPS) is 26.4. The van der Waals surface area contributed by atoms with E-state index in [4.69, 9.17) is 0 Å². The van der Waals surface area contributed by atoms with E-state index in [0.29, 0.717) is 24.9 Å². The van der Waals surface area contributed by atoms with E-state index < -0.39 is 5.67 Å². The molecule has 0 aliphatic carbocycles. The Bertz CT molecular complexity index is 348. The fourth-order valence-electron chi connectivity index (χ4n) is 2.31. The number of alkyl halides is 1. The smallest absolute Gasteiger partial charge is 0.137 e. The Hall–Kier alpha value is -0.960. The minimum Gasteiger partial charge on any atom is -0.317 e. The third-order valence-corrected chi connectivity index (χ3v) is 3.18. The molecule has 2 rings (SSSR count). The fraction of sp³-hybridized carbons (Fsp3) is 0.538. The predicted octanol–water partition coefficient (Wildman–Crippen LogP) is 3.07. The van der Waals surface area contributed by atoms with Crippen LogP contribution in [0, 0.1) is 12.7 Å². The van der Waals surface area contributed by atoms with Gasteiger partial charge in [0.15, 0.2) is 0 Å². The molecular weight excluding hydrogens is 208 g/mol. The summed E-state index contributed by atoms with van der Waals surface area (Å²) in [4.78, 5) is 0. The van der Waals surface area contributed by atoms with Crippen molar-refractivity contribution in [2.75, 3.05) is 13.1 Å². The zero-order valence-corrected chi connectivity index (χ0v) is 9.52. The molecule has 1 aromatic rings. The number of hydrogen-bond acceptors (Lipinski definition) is 1. The summed E-state index contributed by atoms with van der Waals surface area (Å²) in [6, 6.07) is 4.52. The van der Waals surface area contributed by atoms with Gasteiger partial charge >= 0.3 is 0 Å². The Labute approximate surface area is 94.9 Å². The first-order valence-corrected chi connectivity index (χ1v) is 5.77. The summed E-state index contributed by atoms with van der Waals surface area (Å²) in [7, 11) is 0. The van der Waals surface area contributed by atoms with Crippen LogP contribution in [0.25, 0.3) is 0 Å². The van der Waals surface area contributed by atoms with Crippen LogP contribution in [0.2, 0.25) is 0 Å². The van der Waals surface area contributed by atoms with E-state index in [2.05, 4.69) is 5.32 Å². The standard InChI is InChI=1S/C13H17F2N/c1-10-7-11(9-12(14)8-10)13(15)3-2-5-16-6-4-13/h7-9,16H,2-6H2,1H3. The molecule has 1 aliphatic heterocycles. The molecule has 0 bridgehead atoms. The molecule has 0 saturated carbocycles. The quantitative estimate of drug-likeness (QED) is 0.774. The lowest BCUT2D eigenvalue weighted by Gasteiger charge is -2.24. The van der Waals surface area contributed by atoms with Crippen molar-refractivity contribution in [1.82, 2.24) is 5.32 Å².